The number of methoxy groups -OCH3 is 1. The van der Waals surface area contributed by atoms with E-state index in [0.29, 0.717) is 43.7 Å². The highest BCUT2D eigenvalue weighted by Gasteiger charge is 2.29. The van der Waals surface area contributed by atoms with E-state index in [1.54, 1.807) is 63.4 Å². The van der Waals surface area contributed by atoms with Crippen molar-refractivity contribution < 1.29 is 23.9 Å². The Hall–Kier alpha value is -4.51. The Balaban J connectivity index is 1.42. The number of aryl methyl sites for hydroxylation is 1. The molecule has 1 N–H and O–H groups in total. The predicted octanol–water partition coefficient (Wildman–Crippen LogP) is 3.65. The summed E-state index contributed by atoms with van der Waals surface area (Å²) in [6.45, 7) is 3.09. The molecule has 2 aromatic carbocycles. The molecule has 0 bridgehead atoms. The van der Waals surface area contributed by atoms with Gasteiger partial charge in [0.25, 0.3) is 17.4 Å². The van der Waals surface area contributed by atoms with Gasteiger partial charge in [0.1, 0.15) is 16.3 Å². The van der Waals surface area contributed by atoms with E-state index in [1.807, 2.05) is 0 Å². The molecule has 10 nitrogen and oxygen atoms in total. The van der Waals surface area contributed by atoms with Crippen molar-refractivity contribution in [1.82, 2.24) is 9.55 Å². The monoisotopic (exact) mass is 532 g/mol. The number of carbonyl (C=O) groups excluding carboxylic acids is 3. The van der Waals surface area contributed by atoms with Gasteiger partial charge in [0.2, 0.25) is 0 Å². The first-order valence-electron chi connectivity index (χ1n) is 11.7. The fourth-order valence-electron chi connectivity index (χ4n) is 4.35. The molecule has 1 atom stereocenters. The van der Waals surface area contributed by atoms with Crippen LogP contribution in [0.4, 0.5) is 11.4 Å². The number of ether oxygens (including phenoxy) is 2. The normalized spacial score (nSPS) is 14.7. The molecular formula is C27H24N4O6S. The number of hydrogen-bond donors (Lipinski definition) is 1. The summed E-state index contributed by atoms with van der Waals surface area (Å²) in [6, 6.07) is 11.8. The van der Waals surface area contributed by atoms with Crippen LogP contribution in [0.3, 0.4) is 0 Å². The number of aromatic nitrogens is 2. The Bertz CT molecular complexity index is 1670. The van der Waals surface area contributed by atoms with Gasteiger partial charge in [0.05, 0.1) is 41.6 Å². The van der Waals surface area contributed by atoms with Gasteiger partial charge in [-0.05, 0) is 49.7 Å². The molecule has 2 aromatic heterocycles. The van der Waals surface area contributed by atoms with Gasteiger partial charge in [-0.15, -0.1) is 11.3 Å². The molecule has 0 saturated carbocycles. The Morgan fingerprint density at radius 1 is 1.18 bits per heavy atom. The summed E-state index contributed by atoms with van der Waals surface area (Å²) < 4.78 is 12.1. The number of amides is 2. The molecule has 2 amide bonds. The lowest BCUT2D eigenvalue weighted by molar-refractivity contribution is -0.125. The van der Waals surface area contributed by atoms with Crippen LogP contribution < -0.4 is 25.2 Å². The highest BCUT2D eigenvalue weighted by Crippen LogP contribution is 2.34. The summed E-state index contributed by atoms with van der Waals surface area (Å²) >= 11 is 1.11. The smallest absolute Gasteiger partial charge is 0.267 e. The highest BCUT2D eigenvalue weighted by atomic mass is 32.1. The number of benzene rings is 2. The zero-order valence-electron chi connectivity index (χ0n) is 21.1. The van der Waals surface area contributed by atoms with Crippen LogP contribution in [0.5, 0.6) is 11.5 Å². The van der Waals surface area contributed by atoms with E-state index in [2.05, 4.69) is 10.3 Å². The van der Waals surface area contributed by atoms with E-state index in [4.69, 9.17) is 9.47 Å². The summed E-state index contributed by atoms with van der Waals surface area (Å²) in [5.74, 6) is 0.0759. The van der Waals surface area contributed by atoms with Crippen LogP contribution in [0, 0.1) is 6.92 Å². The van der Waals surface area contributed by atoms with Gasteiger partial charge in [0.15, 0.2) is 11.9 Å². The van der Waals surface area contributed by atoms with E-state index in [9.17, 15) is 19.2 Å². The number of nitrogens with zero attached hydrogens (tertiary/aromatic N) is 3. The van der Waals surface area contributed by atoms with Gasteiger partial charge in [-0.1, -0.05) is 12.1 Å². The van der Waals surface area contributed by atoms with Crippen molar-refractivity contribution >= 4 is 50.5 Å². The maximum absolute atomic E-state index is 13.3. The number of thiophene rings is 1. The third-order valence-corrected chi connectivity index (χ3v) is 7.62. The molecule has 4 aromatic rings. The van der Waals surface area contributed by atoms with Gasteiger partial charge >= 0.3 is 0 Å². The summed E-state index contributed by atoms with van der Waals surface area (Å²) in [4.78, 5) is 58.3. The van der Waals surface area contributed by atoms with Crippen LogP contribution in [0.15, 0.2) is 53.6 Å². The van der Waals surface area contributed by atoms with E-state index in [-0.39, 0.29) is 29.5 Å². The second-order valence-corrected chi connectivity index (χ2v) is 9.83. The van der Waals surface area contributed by atoms with E-state index in [0.717, 1.165) is 11.3 Å². The zero-order chi connectivity index (χ0) is 27.1. The first-order chi connectivity index (χ1) is 18.2. The SMILES string of the molecule is COc1ccccc1NC(=O)c1sc2ncn(CC(=O)c3ccc4c(c3)N(C)C(=O)C(C)O4)c(=O)c2c1C. The number of nitrogens with one attached hydrogen (secondary N) is 1. The van der Waals surface area contributed by atoms with Gasteiger partial charge in [-0.2, -0.15) is 0 Å². The fourth-order valence-corrected chi connectivity index (χ4v) is 5.38. The molecule has 38 heavy (non-hydrogen) atoms. The maximum Gasteiger partial charge on any atom is 0.267 e. The van der Waals surface area contributed by atoms with Crippen LogP contribution in [0.1, 0.15) is 32.5 Å². The lowest BCUT2D eigenvalue weighted by atomic mass is 10.1. The van der Waals surface area contributed by atoms with E-state index in [1.165, 1.54) is 22.9 Å². The number of rotatable bonds is 6. The predicted molar refractivity (Wildman–Crippen MR) is 144 cm³/mol. The average molecular weight is 533 g/mol. The highest BCUT2D eigenvalue weighted by molar-refractivity contribution is 7.20. The summed E-state index contributed by atoms with van der Waals surface area (Å²) in [5.41, 5.74) is 1.38. The van der Waals surface area contributed by atoms with Gasteiger partial charge in [-0.25, -0.2) is 4.98 Å². The molecule has 0 aliphatic carbocycles. The second-order valence-electron chi connectivity index (χ2n) is 8.83. The summed E-state index contributed by atoms with van der Waals surface area (Å²) in [6.07, 6.45) is 0.695. The molecule has 0 radical (unpaired) electrons. The first kappa shape index (κ1) is 25.2. The number of para-hydroxylation sites is 2. The van der Waals surface area contributed by atoms with Crippen molar-refractivity contribution in [3.8, 4) is 11.5 Å². The van der Waals surface area contributed by atoms with Crippen LogP contribution in [0.2, 0.25) is 0 Å². The van der Waals surface area contributed by atoms with E-state index < -0.39 is 11.7 Å². The minimum Gasteiger partial charge on any atom is -0.495 e. The molecule has 0 fully saturated rings. The van der Waals surface area contributed by atoms with Crippen LogP contribution in [-0.4, -0.2) is 47.4 Å². The number of hydrogen-bond acceptors (Lipinski definition) is 8. The largest absolute Gasteiger partial charge is 0.495 e. The summed E-state index contributed by atoms with van der Waals surface area (Å²) in [7, 11) is 3.14. The van der Waals surface area contributed by atoms with Crippen molar-refractivity contribution in [2.24, 2.45) is 0 Å². The quantitative estimate of drug-likeness (QED) is 0.377. The standard InChI is InChI=1S/C27H24N4O6S/c1-14-22-25(38-23(14)24(33)29-17-7-5-6-8-20(17)36-4)28-13-31(27(22)35)12-19(32)16-9-10-21-18(11-16)30(3)26(34)15(2)37-21/h5-11,13,15H,12H2,1-4H3,(H,29,33). The number of ketones is 1. The lowest BCUT2D eigenvalue weighted by Crippen LogP contribution is -2.42. The minimum absolute atomic E-state index is 0.216. The van der Waals surface area contributed by atoms with E-state index >= 15 is 0 Å². The van der Waals surface area contributed by atoms with Crippen molar-refractivity contribution in [2.75, 3.05) is 24.4 Å². The topological polar surface area (TPSA) is 120 Å². The number of carbonyl (C=O) groups is 3. The van der Waals surface area contributed by atoms with Crippen LogP contribution in [-0.2, 0) is 11.3 Å². The number of Topliss-reactive ketones (excluding diaryl/α,β-unsaturated/α-hetero) is 1. The number of anilines is 2. The molecule has 194 valence electrons. The zero-order valence-corrected chi connectivity index (χ0v) is 21.9. The van der Waals surface area contributed by atoms with Crippen molar-refractivity contribution in [3.63, 3.8) is 0 Å². The Kier molecular flexibility index (Phi) is 6.45. The van der Waals surface area contributed by atoms with Crippen molar-refractivity contribution in [3.05, 3.63) is 75.1 Å². The number of likely N-dealkylation sites (N-methyl/N-ethyl adjacent to an activating group) is 1. The molecule has 5 rings (SSSR count). The Morgan fingerprint density at radius 2 is 1.95 bits per heavy atom. The molecule has 1 aliphatic rings. The molecular weight excluding hydrogens is 508 g/mol. The minimum atomic E-state index is -0.610. The van der Waals surface area contributed by atoms with Gasteiger partial charge in [0, 0.05) is 12.6 Å². The molecule has 3 heterocycles. The van der Waals surface area contributed by atoms with Gasteiger partial charge in [-0.3, -0.25) is 23.7 Å². The maximum atomic E-state index is 13.3. The Labute approximate surface area is 221 Å². The second kappa shape index (κ2) is 9.75. The van der Waals surface area contributed by atoms with Crippen LogP contribution >= 0.6 is 11.3 Å². The van der Waals surface area contributed by atoms with Crippen molar-refractivity contribution in [2.45, 2.75) is 26.5 Å². The van der Waals surface area contributed by atoms with Gasteiger partial charge < -0.3 is 19.7 Å². The molecule has 1 aliphatic heterocycles. The first-order valence-corrected chi connectivity index (χ1v) is 12.6. The molecule has 1 unspecified atom stereocenters. The Morgan fingerprint density at radius 3 is 2.71 bits per heavy atom. The van der Waals surface area contributed by atoms with Crippen molar-refractivity contribution in [1.29, 1.82) is 0 Å². The molecule has 0 saturated heterocycles. The fraction of sp³-hybridized carbons (Fsp3) is 0.222. The van der Waals surface area contributed by atoms with Crippen LogP contribution in [0.25, 0.3) is 10.2 Å². The molecule has 11 heteroatoms. The third-order valence-electron chi connectivity index (χ3n) is 6.42. The summed E-state index contributed by atoms with van der Waals surface area (Å²) in [5, 5.41) is 3.10. The number of fused-ring (bicyclic) bond motifs is 2. The molecule has 0 spiro atoms. The lowest BCUT2D eigenvalue weighted by Gasteiger charge is -2.30. The third kappa shape index (κ3) is 4.30. The average Bonchev–Trinajstić information content (AvgIpc) is 3.26.